The maximum Gasteiger partial charge on any atom is 0.254 e. The van der Waals surface area contributed by atoms with Gasteiger partial charge in [-0.05, 0) is 36.4 Å². The van der Waals surface area contributed by atoms with E-state index >= 15 is 0 Å². The van der Waals surface area contributed by atoms with E-state index in [2.05, 4.69) is 9.97 Å². The Bertz CT molecular complexity index is 1130. The molecule has 3 heterocycles. The number of pyridine rings is 2. The fourth-order valence-corrected chi connectivity index (χ4v) is 4.72. The first-order valence-electron chi connectivity index (χ1n) is 9.85. The van der Waals surface area contributed by atoms with Gasteiger partial charge in [0.15, 0.2) is 0 Å². The summed E-state index contributed by atoms with van der Waals surface area (Å²) in [5.74, 6) is 0.442. The number of carbonyl (C=O) groups is 1. The van der Waals surface area contributed by atoms with Crippen molar-refractivity contribution in [2.75, 3.05) is 26.2 Å². The topological polar surface area (TPSA) is 92.7 Å². The van der Waals surface area contributed by atoms with Crippen molar-refractivity contribution in [2.24, 2.45) is 0 Å². The molecule has 2 aromatic heterocycles. The van der Waals surface area contributed by atoms with Gasteiger partial charge in [-0.15, -0.1) is 0 Å². The number of carbonyl (C=O) groups excluding carboxylic acids is 1. The molecule has 9 heteroatoms. The van der Waals surface area contributed by atoms with Gasteiger partial charge in [0.25, 0.3) is 5.91 Å². The normalized spacial score (nSPS) is 14.9. The van der Waals surface area contributed by atoms with Crippen molar-refractivity contribution in [3.63, 3.8) is 0 Å². The van der Waals surface area contributed by atoms with Gasteiger partial charge in [0.2, 0.25) is 10.0 Å². The summed E-state index contributed by atoms with van der Waals surface area (Å²) in [6, 6.07) is 13.9. The van der Waals surface area contributed by atoms with Crippen molar-refractivity contribution in [3.8, 4) is 5.75 Å². The van der Waals surface area contributed by atoms with Crippen LogP contribution in [0.1, 0.15) is 15.9 Å². The number of sulfonamides is 1. The van der Waals surface area contributed by atoms with Crippen LogP contribution in [-0.2, 0) is 16.6 Å². The first-order valence-corrected chi connectivity index (χ1v) is 11.3. The van der Waals surface area contributed by atoms with Gasteiger partial charge in [-0.25, -0.2) is 8.42 Å². The molecule has 3 aromatic rings. The number of hydrogen-bond acceptors (Lipinski definition) is 6. The zero-order valence-corrected chi connectivity index (χ0v) is 17.6. The van der Waals surface area contributed by atoms with Crippen LogP contribution in [-0.4, -0.2) is 59.7 Å². The molecule has 1 aliphatic rings. The number of benzene rings is 1. The summed E-state index contributed by atoms with van der Waals surface area (Å²) in [6.07, 6.45) is 6.30. The maximum atomic E-state index is 12.9. The summed E-state index contributed by atoms with van der Waals surface area (Å²) in [5.41, 5.74) is 1.44. The highest BCUT2D eigenvalue weighted by Gasteiger charge is 2.30. The first-order chi connectivity index (χ1) is 15.0. The quantitative estimate of drug-likeness (QED) is 0.586. The smallest absolute Gasteiger partial charge is 0.254 e. The molecule has 31 heavy (non-hydrogen) atoms. The third kappa shape index (κ3) is 4.89. The van der Waals surface area contributed by atoms with Crippen LogP contribution < -0.4 is 4.74 Å². The lowest BCUT2D eigenvalue weighted by atomic mass is 10.1. The molecular weight excluding hydrogens is 416 g/mol. The van der Waals surface area contributed by atoms with E-state index in [0.717, 1.165) is 5.56 Å². The number of amides is 1. The Hall–Kier alpha value is -3.30. The van der Waals surface area contributed by atoms with Crippen LogP contribution in [0.3, 0.4) is 0 Å². The molecule has 4 rings (SSSR count). The van der Waals surface area contributed by atoms with Gasteiger partial charge in [0, 0.05) is 62.1 Å². The highest BCUT2D eigenvalue weighted by Crippen LogP contribution is 2.20. The SMILES string of the molecule is O=C(c1cccc(OCc2cccnc2)c1)N1CCN(S(=O)(=O)c2cccnc2)CC1. The Balaban J connectivity index is 1.37. The van der Waals surface area contributed by atoms with Crippen LogP contribution in [0.5, 0.6) is 5.75 Å². The van der Waals surface area contributed by atoms with Crippen LogP contribution >= 0.6 is 0 Å². The van der Waals surface area contributed by atoms with Crippen molar-refractivity contribution < 1.29 is 17.9 Å². The second-order valence-corrected chi connectivity index (χ2v) is 9.00. The second kappa shape index (κ2) is 9.23. The van der Waals surface area contributed by atoms with Crippen molar-refractivity contribution in [1.29, 1.82) is 0 Å². The minimum Gasteiger partial charge on any atom is -0.489 e. The molecule has 0 aliphatic carbocycles. The van der Waals surface area contributed by atoms with Crippen molar-refractivity contribution in [3.05, 3.63) is 84.4 Å². The standard InChI is InChI=1S/C22H22N4O4S/c27-22(19-5-1-6-20(14-19)30-17-18-4-2-8-23-15-18)25-10-12-26(13-11-25)31(28,29)21-7-3-9-24-16-21/h1-9,14-16H,10-13,17H2. The summed E-state index contributed by atoms with van der Waals surface area (Å²) in [5, 5.41) is 0. The average molecular weight is 439 g/mol. The minimum atomic E-state index is -3.61. The number of ether oxygens (including phenoxy) is 1. The molecule has 1 amide bonds. The summed E-state index contributed by atoms with van der Waals surface area (Å²) in [4.78, 5) is 22.7. The highest BCUT2D eigenvalue weighted by atomic mass is 32.2. The Morgan fingerprint density at radius 1 is 0.935 bits per heavy atom. The van der Waals surface area contributed by atoms with E-state index in [-0.39, 0.29) is 23.9 Å². The molecule has 0 N–H and O–H groups in total. The largest absolute Gasteiger partial charge is 0.489 e. The molecule has 0 bridgehead atoms. The number of rotatable bonds is 6. The molecule has 0 saturated carbocycles. The summed E-state index contributed by atoms with van der Waals surface area (Å²) in [7, 11) is -3.61. The van der Waals surface area contributed by atoms with E-state index in [1.54, 1.807) is 47.6 Å². The van der Waals surface area contributed by atoms with E-state index in [1.165, 1.54) is 22.8 Å². The van der Waals surface area contributed by atoms with Crippen LogP contribution in [0.25, 0.3) is 0 Å². The third-order valence-electron chi connectivity index (χ3n) is 5.01. The summed E-state index contributed by atoms with van der Waals surface area (Å²) in [6.45, 7) is 1.47. The van der Waals surface area contributed by atoms with Gasteiger partial charge in [0.05, 0.1) is 0 Å². The Morgan fingerprint density at radius 3 is 2.35 bits per heavy atom. The fraction of sp³-hybridized carbons (Fsp3) is 0.227. The lowest BCUT2D eigenvalue weighted by molar-refractivity contribution is 0.0697. The zero-order valence-electron chi connectivity index (χ0n) is 16.8. The number of hydrogen-bond donors (Lipinski definition) is 0. The molecule has 0 radical (unpaired) electrons. The van der Waals surface area contributed by atoms with E-state index in [0.29, 0.717) is 31.0 Å². The van der Waals surface area contributed by atoms with Gasteiger partial charge in [-0.2, -0.15) is 4.31 Å². The highest BCUT2D eigenvalue weighted by molar-refractivity contribution is 7.89. The number of piperazine rings is 1. The van der Waals surface area contributed by atoms with Crippen LogP contribution in [0.2, 0.25) is 0 Å². The van der Waals surface area contributed by atoms with E-state index < -0.39 is 10.0 Å². The molecule has 160 valence electrons. The van der Waals surface area contributed by atoms with Gasteiger partial charge >= 0.3 is 0 Å². The van der Waals surface area contributed by atoms with Crippen molar-refractivity contribution >= 4 is 15.9 Å². The van der Waals surface area contributed by atoms with Crippen molar-refractivity contribution in [1.82, 2.24) is 19.2 Å². The van der Waals surface area contributed by atoms with E-state index in [9.17, 15) is 13.2 Å². The fourth-order valence-electron chi connectivity index (χ4n) is 3.33. The molecule has 0 spiro atoms. The molecule has 1 fully saturated rings. The first kappa shape index (κ1) is 21.0. The monoisotopic (exact) mass is 438 g/mol. The molecule has 1 saturated heterocycles. The molecule has 0 unspecified atom stereocenters. The lowest BCUT2D eigenvalue weighted by Crippen LogP contribution is -2.50. The second-order valence-electron chi connectivity index (χ2n) is 7.06. The minimum absolute atomic E-state index is 0.148. The average Bonchev–Trinajstić information content (AvgIpc) is 2.84. The summed E-state index contributed by atoms with van der Waals surface area (Å²) >= 11 is 0. The summed E-state index contributed by atoms with van der Waals surface area (Å²) < 4.78 is 32.6. The third-order valence-corrected chi connectivity index (χ3v) is 6.89. The van der Waals surface area contributed by atoms with E-state index in [4.69, 9.17) is 4.74 Å². The molecule has 8 nitrogen and oxygen atoms in total. The molecule has 0 atom stereocenters. The Kier molecular flexibility index (Phi) is 6.24. The lowest BCUT2D eigenvalue weighted by Gasteiger charge is -2.34. The number of aromatic nitrogens is 2. The zero-order chi connectivity index (χ0) is 21.7. The van der Waals surface area contributed by atoms with Gasteiger partial charge in [-0.3, -0.25) is 14.8 Å². The predicted octanol–water partition coefficient (Wildman–Crippen LogP) is 2.20. The Morgan fingerprint density at radius 2 is 1.68 bits per heavy atom. The van der Waals surface area contributed by atoms with Crippen LogP contribution in [0.4, 0.5) is 0 Å². The maximum absolute atomic E-state index is 12.9. The molecule has 1 aromatic carbocycles. The van der Waals surface area contributed by atoms with Gasteiger partial charge in [-0.1, -0.05) is 12.1 Å². The molecular formula is C22H22N4O4S. The van der Waals surface area contributed by atoms with Gasteiger partial charge in [0.1, 0.15) is 17.3 Å². The van der Waals surface area contributed by atoms with Crippen LogP contribution in [0.15, 0.2) is 78.2 Å². The van der Waals surface area contributed by atoms with E-state index in [1.807, 2.05) is 12.1 Å². The van der Waals surface area contributed by atoms with Crippen molar-refractivity contribution in [2.45, 2.75) is 11.5 Å². The van der Waals surface area contributed by atoms with Crippen LogP contribution in [0, 0.1) is 0 Å². The van der Waals surface area contributed by atoms with Gasteiger partial charge < -0.3 is 9.64 Å². The number of nitrogens with zero attached hydrogens (tertiary/aromatic N) is 4. The predicted molar refractivity (Wildman–Crippen MR) is 114 cm³/mol. The molecule has 1 aliphatic heterocycles. The Labute approximate surface area is 181 Å².